The fraction of sp³-hybridized carbons (Fsp3) is 0.545. The van der Waals surface area contributed by atoms with Gasteiger partial charge in [0, 0.05) is 12.5 Å². The number of alkyl halides is 3. The molecule has 2 rings (SSSR count). The van der Waals surface area contributed by atoms with Gasteiger partial charge in [0.15, 0.2) is 0 Å². The lowest BCUT2D eigenvalue weighted by molar-refractivity contribution is -0.157. The summed E-state index contributed by atoms with van der Waals surface area (Å²) < 4.78 is 41.8. The molecule has 1 aliphatic rings. The van der Waals surface area contributed by atoms with E-state index in [2.05, 4.69) is 4.98 Å². The van der Waals surface area contributed by atoms with Gasteiger partial charge in [-0.3, -0.25) is 9.59 Å². The summed E-state index contributed by atoms with van der Waals surface area (Å²) in [5, 5.41) is 2.08. The van der Waals surface area contributed by atoms with Crippen LogP contribution in [0.15, 0.2) is 5.38 Å². The molecular weight excluding hydrogens is 311 g/mol. The van der Waals surface area contributed by atoms with E-state index in [9.17, 15) is 22.8 Å². The number of hydrogen-bond donors (Lipinski definition) is 0. The van der Waals surface area contributed by atoms with Crippen molar-refractivity contribution in [3.8, 4) is 0 Å². The molecular formula is C11H12F3N3O3S. The van der Waals surface area contributed by atoms with Crippen LogP contribution in [0.1, 0.15) is 15.5 Å². The van der Waals surface area contributed by atoms with Crippen LogP contribution < -0.4 is 0 Å². The second kappa shape index (κ2) is 5.98. The normalized spacial score (nSPS) is 15.9. The van der Waals surface area contributed by atoms with Gasteiger partial charge in [-0.1, -0.05) is 0 Å². The number of aromatic nitrogens is 1. The van der Waals surface area contributed by atoms with E-state index in [1.807, 2.05) is 0 Å². The summed E-state index contributed by atoms with van der Waals surface area (Å²) in [6.45, 7) is -1.86. The number of carbonyl (C=O) groups excluding carboxylic acids is 2. The third-order valence-corrected chi connectivity index (χ3v) is 3.54. The van der Waals surface area contributed by atoms with E-state index in [1.165, 1.54) is 23.8 Å². The van der Waals surface area contributed by atoms with Gasteiger partial charge in [0.2, 0.25) is 5.91 Å². The van der Waals surface area contributed by atoms with Crippen molar-refractivity contribution in [1.82, 2.24) is 14.8 Å². The summed E-state index contributed by atoms with van der Waals surface area (Å²) in [5.74, 6) is -1.29. The van der Waals surface area contributed by atoms with E-state index in [1.54, 1.807) is 0 Å². The average Bonchev–Trinajstić information content (AvgIpc) is 2.95. The Morgan fingerprint density at radius 1 is 1.52 bits per heavy atom. The van der Waals surface area contributed by atoms with E-state index in [0.29, 0.717) is 9.91 Å². The minimum Gasteiger partial charge on any atom is -0.378 e. The molecule has 10 heteroatoms. The zero-order valence-electron chi connectivity index (χ0n) is 11.0. The highest BCUT2D eigenvalue weighted by Crippen LogP contribution is 2.21. The van der Waals surface area contributed by atoms with Gasteiger partial charge in [0.25, 0.3) is 5.91 Å². The van der Waals surface area contributed by atoms with Crippen LogP contribution in [-0.4, -0.2) is 59.6 Å². The molecule has 0 saturated carbocycles. The van der Waals surface area contributed by atoms with Crippen LogP contribution in [0, 0.1) is 0 Å². The number of ether oxygens (including phenoxy) is 1. The van der Waals surface area contributed by atoms with Gasteiger partial charge in [-0.2, -0.15) is 13.2 Å². The second-order valence-electron chi connectivity index (χ2n) is 4.41. The van der Waals surface area contributed by atoms with E-state index >= 15 is 0 Å². The van der Waals surface area contributed by atoms with E-state index in [4.69, 9.17) is 4.74 Å². The summed E-state index contributed by atoms with van der Waals surface area (Å²) in [6, 6.07) is 0. The first-order valence-corrected chi connectivity index (χ1v) is 6.75. The Hall–Kier alpha value is -1.68. The van der Waals surface area contributed by atoms with Crippen LogP contribution in [0.2, 0.25) is 0 Å². The van der Waals surface area contributed by atoms with Gasteiger partial charge in [0.1, 0.15) is 23.8 Å². The molecule has 2 amide bonds. The molecule has 1 aliphatic heterocycles. The van der Waals surface area contributed by atoms with E-state index in [0.717, 1.165) is 4.90 Å². The molecule has 1 saturated heterocycles. The Labute approximate surface area is 122 Å². The number of hydrogen-bond acceptors (Lipinski definition) is 5. The number of nitrogens with zero attached hydrogens (tertiary/aromatic N) is 3. The average molecular weight is 323 g/mol. The van der Waals surface area contributed by atoms with Crippen molar-refractivity contribution in [2.45, 2.75) is 12.8 Å². The van der Waals surface area contributed by atoms with Crippen LogP contribution in [0.3, 0.4) is 0 Å². The zero-order valence-corrected chi connectivity index (χ0v) is 11.8. The van der Waals surface area contributed by atoms with Gasteiger partial charge in [-0.05, 0) is 0 Å². The summed E-state index contributed by atoms with van der Waals surface area (Å²) >= 11 is 1.21. The molecule has 0 aliphatic carbocycles. The molecule has 21 heavy (non-hydrogen) atoms. The Morgan fingerprint density at radius 3 is 2.86 bits per heavy atom. The Kier molecular flexibility index (Phi) is 4.47. The topological polar surface area (TPSA) is 62.7 Å². The predicted molar refractivity (Wildman–Crippen MR) is 66.5 cm³/mol. The first kappa shape index (κ1) is 15.7. The third kappa shape index (κ3) is 3.91. The number of halogens is 3. The van der Waals surface area contributed by atoms with E-state index in [-0.39, 0.29) is 25.5 Å². The van der Waals surface area contributed by atoms with Gasteiger partial charge in [-0.15, -0.1) is 11.3 Å². The highest BCUT2D eigenvalue weighted by atomic mass is 32.1. The molecule has 2 heterocycles. The molecule has 6 nitrogen and oxygen atoms in total. The van der Waals surface area contributed by atoms with Crippen molar-refractivity contribution in [2.24, 2.45) is 0 Å². The van der Waals surface area contributed by atoms with Gasteiger partial charge in [0.05, 0.1) is 13.3 Å². The molecule has 1 aromatic rings. The van der Waals surface area contributed by atoms with Crippen molar-refractivity contribution >= 4 is 23.2 Å². The molecule has 0 aromatic carbocycles. The number of amides is 2. The van der Waals surface area contributed by atoms with Crippen molar-refractivity contribution in [3.63, 3.8) is 0 Å². The first-order valence-electron chi connectivity index (χ1n) is 5.87. The van der Waals surface area contributed by atoms with Gasteiger partial charge >= 0.3 is 6.18 Å². The zero-order chi connectivity index (χ0) is 15.6. The molecule has 1 aromatic heterocycles. The van der Waals surface area contributed by atoms with Gasteiger partial charge < -0.3 is 14.5 Å². The Morgan fingerprint density at radius 2 is 2.24 bits per heavy atom. The molecule has 0 bridgehead atoms. The molecule has 1 fully saturated rings. The van der Waals surface area contributed by atoms with Crippen LogP contribution in [0.5, 0.6) is 0 Å². The molecule has 0 spiro atoms. The van der Waals surface area contributed by atoms with Crippen molar-refractivity contribution < 1.29 is 27.5 Å². The highest BCUT2D eigenvalue weighted by molar-refractivity contribution is 7.09. The monoisotopic (exact) mass is 323 g/mol. The minimum atomic E-state index is -4.49. The van der Waals surface area contributed by atoms with Crippen molar-refractivity contribution in [3.05, 3.63) is 16.1 Å². The Bertz CT molecular complexity index is 546. The maximum atomic E-state index is 12.3. The number of thiazole rings is 1. The third-order valence-electron chi connectivity index (χ3n) is 2.72. The first-order chi connectivity index (χ1) is 9.80. The highest BCUT2D eigenvalue weighted by Gasteiger charge is 2.39. The lowest BCUT2D eigenvalue weighted by Gasteiger charge is -2.18. The molecule has 0 N–H and O–H groups in total. The summed E-state index contributed by atoms with van der Waals surface area (Å²) in [4.78, 5) is 29.2. The van der Waals surface area contributed by atoms with Crippen LogP contribution in [-0.2, 0) is 16.1 Å². The largest absolute Gasteiger partial charge is 0.406 e. The second-order valence-corrected chi connectivity index (χ2v) is 5.35. The number of rotatable bonds is 4. The molecule has 116 valence electrons. The van der Waals surface area contributed by atoms with E-state index < -0.39 is 24.5 Å². The van der Waals surface area contributed by atoms with Crippen LogP contribution >= 0.6 is 11.3 Å². The summed E-state index contributed by atoms with van der Waals surface area (Å²) in [5.41, 5.74) is 0.105. The smallest absolute Gasteiger partial charge is 0.378 e. The fourth-order valence-electron chi connectivity index (χ4n) is 1.85. The molecule has 0 atom stereocenters. The summed E-state index contributed by atoms with van der Waals surface area (Å²) in [7, 11) is 1.48. The lowest BCUT2D eigenvalue weighted by Crippen LogP contribution is -2.37. The number of methoxy groups -OCH3 is 1. The maximum absolute atomic E-state index is 12.3. The molecule has 0 radical (unpaired) electrons. The number of carbonyl (C=O) groups is 2. The summed E-state index contributed by atoms with van der Waals surface area (Å²) in [6.07, 6.45) is -4.49. The standard InChI is InChI=1S/C11H12F3N3O3S/c1-20-3-8-15-7(4-21-8)10(19)16-2-9(18)17(6-16)5-11(12,13)14/h4H,2-3,5-6H2,1H3. The SMILES string of the molecule is COCc1nc(C(=O)N2CC(=O)N(CC(F)(F)F)C2)cs1. The fourth-order valence-corrected chi connectivity index (χ4v) is 2.59. The quantitative estimate of drug-likeness (QED) is 0.832. The maximum Gasteiger partial charge on any atom is 0.406 e. The predicted octanol–water partition coefficient (Wildman–Crippen LogP) is 1.09. The van der Waals surface area contributed by atoms with Crippen molar-refractivity contribution in [2.75, 3.05) is 26.9 Å². The van der Waals surface area contributed by atoms with Crippen LogP contribution in [0.4, 0.5) is 13.2 Å². The molecule has 0 unspecified atom stereocenters. The Balaban J connectivity index is 2.02. The minimum absolute atomic E-state index is 0.105. The van der Waals surface area contributed by atoms with Crippen molar-refractivity contribution in [1.29, 1.82) is 0 Å². The van der Waals surface area contributed by atoms with Gasteiger partial charge in [-0.25, -0.2) is 4.98 Å². The lowest BCUT2D eigenvalue weighted by atomic mass is 10.4. The van der Waals surface area contributed by atoms with Crippen LogP contribution in [0.25, 0.3) is 0 Å².